The molecule has 0 amide bonds. The molecule has 0 saturated heterocycles. The molecule has 3 rings (SSSR count). The summed E-state index contributed by atoms with van der Waals surface area (Å²) in [6, 6.07) is 11.9. The molecule has 1 aromatic carbocycles. The lowest BCUT2D eigenvalue weighted by Gasteiger charge is -2.03. The molecule has 20 heavy (non-hydrogen) atoms. The maximum atomic E-state index is 6.03. The number of nitrogen functional groups attached to an aromatic ring is 1. The molecule has 2 heterocycles. The summed E-state index contributed by atoms with van der Waals surface area (Å²) in [6.07, 6.45) is 0. The van der Waals surface area contributed by atoms with Crippen molar-refractivity contribution in [3.63, 3.8) is 0 Å². The van der Waals surface area contributed by atoms with Crippen molar-refractivity contribution < 1.29 is 4.74 Å². The van der Waals surface area contributed by atoms with E-state index in [9.17, 15) is 0 Å². The highest BCUT2D eigenvalue weighted by molar-refractivity contribution is 5.80. The lowest BCUT2D eigenvalue weighted by atomic mass is 10.1. The number of nitrogens with zero attached hydrogens (tertiary/aromatic N) is 3. The standard InChI is InChI=1S/C15H16N4O/c1-10-8-13(16)19-15(17-10)14(12(18-19)9-20-2)11-6-4-3-5-7-11/h3-8H,9,16H2,1-2H3. The Labute approximate surface area is 117 Å². The molecule has 0 aliphatic heterocycles. The molecule has 0 fully saturated rings. The zero-order valence-electron chi connectivity index (χ0n) is 11.5. The molecule has 2 aromatic heterocycles. The molecule has 0 aliphatic carbocycles. The van der Waals surface area contributed by atoms with Gasteiger partial charge >= 0.3 is 0 Å². The fourth-order valence-electron chi connectivity index (χ4n) is 2.35. The van der Waals surface area contributed by atoms with Gasteiger partial charge < -0.3 is 10.5 Å². The van der Waals surface area contributed by atoms with Crippen molar-refractivity contribution in [2.45, 2.75) is 13.5 Å². The van der Waals surface area contributed by atoms with Crippen LogP contribution in [0.25, 0.3) is 16.8 Å². The number of aryl methyl sites for hydroxylation is 1. The Bertz CT molecular complexity index is 749. The molecular weight excluding hydrogens is 252 g/mol. The van der Waals surface area contributed by atoms with E-state index in [1.807, 2.05) is 43.3 Å². The summed E-state index contributed by atoms with van der Waals surface area (Å²) >= 11 is 0. The fourth-order valence-corrected chi connectivity index (χ4v) is 2.35. The zero-order chi connectivity index (χ0) is 14.1. The first-order chi connectivity index (χ1) is 9.70. The van der Waals surface area contributed by atoms with Crippen molar-refractivity contribution in [1.29, 1.82) is 0 Å². The summed E-state index contributed by atoms with van der Waals surface area (Å²) in [4.78, 5) is 4.58. The van der Waals surface area contributed by atoms with Crippen LogP contribution in [0.15, 0.2) is 36.4 Å². The van der Waals surface area contributed by atoms with Gasteiger partial charge in [-0.25, -0.2) is 4.98 Å². The summed E-state index contributed by atoms with van der Waals surface area (Å²) in [7, 11) is 1.65. The smallest absolute Gasteiger partial charge is 0.165 e. The van der Waals surface area contributed by atoms with Crippen LogP contribution in [0.1, 0.15) is 11.4 Å². The van der Waals surface area contributed by atoms with Crippen LogP contribution in [0.3, 0.4) is 0 Å². The van der Waals surface area contributed by atoms with Gasteiger partial charge in [-0.05, 0) is 12.5 Å². The van der Waals surface area contributed by atoms with E-state index >= 15 is 0 Å². The lowest BCUT2D eigenvalue weighted by molar-refractivity contribution is 0.181. The molecule has 0 aliphatic rings. The quantitative estimate of drug-likeness (QED) is 0.792. The van der Waals surface area contributed by atoms with E-state index in [0.717, 1.165) is 28.2 Å². The maximum Gasteiger partial charge on any atom is 0.165 e. The minimum Gasteiger partial charge on any atom is -0.384 e. The van der Waals surface area contributed by atoms with Gasteiger partial charge in [0.2, 0.25) is 0 Å². The van der Waals surface area contributed by atoms with Crippen molar-refractivity contribution in [1.82, 2.24) is 14.6 Å². The number of fused-ring (bicyclic) bond motifs is 1. The monoisotopic (exact) mass is 268 g/mol. The van der Waals surface area contributed by atoms with Crippen molar-refractivity contribution in [2.75, 3.05) is 12.8 Å². The summed E-state index contributed by atoms with van der Waals surface area (Å²) in [5, 5.41) is 4.52. The van der Waals surface area contributed by atoms with E-state index in [1.54, 1.807) is 11.6 Å². The molecule has 5 heteroatoms. The third-order valence-electron chi connectivity index (χ3n) is 3.16. The maximum absolute atomic E-state index is 6.03. The Hall–Kier alpha value is -2.40. The minimum atomic E-state index is 0.423. The molecule has 0 radical (unpaired) electrons. The Kier molecular flexibility index (Phi) is 3.12. The third kappa shape index (κ3) is 2.02. The van der Waals surface area contributed by atoms with Crippen molar-refractivity contribution in [3.05, 3.63) is 47.8 Å². The summed E-state index contributed by atoms with van der Waals surface area (Å²) in [5.74, 6) is 0.576. The van der Waals surface area contributed by atoms with Crippen LogP contribution < -0.4 is 5.73 Å². The predicted molar refractivity (Wildman–Crippen MR) is 78.3 cm³/mol. The molecule has 0 unspecified atom stereocenters. The highest BCUT2D eigenvalue weighted by Gasteiger charge is 2.17. The Morgan fingerprint density at radius 1 is 1.25 bits per heavy atom. The van der Waals surface area contributed by atoms with Crippen LogP contribution in [0.2, 0.25) is 0 Å². The lowest BCUT2D eigenvalue weighted by Crippen LogP contribution is -2.01. The molecule has 102 valence electrons. The number of benzene rings is 1. The Balaban J connectivity index is 2.35. The first-order valence-electron chi connectivity index (χ1n) is 6.40. The normalized spacial score (nSPS) is 11.1. The van der Waals surface area contributed by atoms with Gasteiger partial charge in [-0.2, -0.15) is 9.61 Å². The number of methoxy groups -OCH3 is 1. The zero-order valence-corrected chi connectivity index (χ0v) is 11.5. The Morgan fingerprint density at radius 3 is 2.70 bits per heavy atom. The third-order valence-corrected chi connectivity index (χ3v) is 3.16. The van der Waals surface area contributed by atoms with Crippen molar-refractivity contribution >= 4 is 11.5 Å². The molecule has 5 nitrogen and oxygen atoms in total. The number of nitrogens with two attached hydrogens (primary N) is 1. The summed E-state index contributed by atoms with van der Waals surface area (Å²) < 4.78 is 6.92. The number of hydrogen-bond donors (Lipinski definition) is 1. The average Bonchev–Trinajstić information content (AvgIpc) is 2.79. The predicted octanol–water partition coefficient (Wildman–Crippen LogP) is 2.43. The van der Waals surface area contributed by atoms with E-state index in [4.69, 9.17) is 10.5 Å². The average molecular weight is 268 g/mol. The molecular formula is C15H16N4O. The second-order valence-corrected chi connectivity index (χ2v) is 4.68. The number of rotatable bonds is 3. The van der Waals surface area contributed by atoms with E-state index < -0.39 is 0 Å². The highest BCUT2D eigenvalue weighted by Crippen LogP contribution is 2.29. The van der Waals surface area contributed by atoms with E-state index in [0.29, 0.717) is 12.4 Å². The van der Waals surface area contributed by atoms with E-state index in [-0.39, 0.29) is 0 Å². The topological polar surface area (TPSA) is 65.4 Å². The van der Waals surface area contributed by atoms with Crippen LogP contribution in [0, 0.1) is 6.92 Å². The first-order valence-corrected chi connectivity index (χ1v) is 6.40. The van der Waals surface area contributed by atoms with Gasteiger partial charge in [0.05, 0.1) is 17.9 Å². The number of ether oxygens (including phenoxy) is 1. The molecule has 0 bridgehead atoms. The molecule has 0 saturated carbocycles. The Morgan fingerprint density at radius 2 is 2.00 bits per heavy atom. The van der Waals surface area contributed by atoms with Gasteiger partial charge in [-0.3, -0.25) is 0 Å². The van der Waals surface area contributed by atoms with E-state index in [2.05, 4.69) is 10.1 Å². The molecule has 0 spiro atoms. The van der Waals surface area contributed by atoms with E-state index in [1.165, 1.54) is 0 Å². The first kappa shape index (κ1) is 12.6. The van der Waals surface area contributed by atoms with Gasteiger partial charge in [0.15, 0.2) is 5.65 Å². The second-order valence-electron chi connectivity index (χ2n) is 4.68. The molecule has 2 N–H and O–H groups in total. The number of hydrogen-bond acceptors (Lipinski definition) is 4. The van der Waals surface area contributed by atoms with Crippen LogP contribution in [0.5, 0.6) is 0 Å². The van der Waals surface area contributed by atoms with Crippen molar-refractivity contribution in [2.24, 2.45) is 0 Å². The number of aromatic nitrogens is 3. The van der Waals surface area contributed by atoms with Gasteiger partial charge in [0.25, 0.3) is 0 Å². The number of anilines is 1. The largest absolute Gasteiger partial charge is 0.384 e. The second kappa shape index (κ2) is 4.94. The van der Waals surface area contributed by atoms with Crippen molar-refractivity contribution in [3.8, 4) is 11.1 Å². The van der Waals surface area contributed by atoms with Crippen LogP contribution in [-0.2, 0) is 11.3 Å². The van der Waals surface area contributed by atoms with Gasteiger partial charge in [-0.1, -0.05) is 30.3 Å². The summed E-state index contributed by atoms with van der Waals surface area (Å²) in [6.45, 7) is 2.35. The molecule has 0 atom stereocenters. The fraction of sp³-hybridized carbons (Fsp3) is 0.200. The van der Waals surface area contributed by atoms with Crippen LogP contribution in [-0.4, -0.2) is 21.7 Å². The summed E-state index contributed by atoms with van der Waals surface area (Å²) in [5.41, 5.74) is 10.5. The van der Waals surface area contributed by atoms with Gasteiger partial charge in [0.1, 0.15) is 5.82 Å². The van der Waals surface area contributed by atoms with Crippen LogP contribution >= 0.6 is 0 Å². The van der Waals surface area contributed by atoms with Crippen LogP contribution in [0.4, 0.5) is 5.82 Å². The molecule has 3 aromatic rings. The van der Waals surface area contributed by atoms with Gasteiger partial charge in [0, 0.05) is 18.9 Å². The van der Waals surface area contributed by atoms with Gasteiger partial charge in [-0.15, -0.1) is 0 Å². The SMILES string of the molecule is COCc1nn2c(N)cc(C)nc2c1-c1ccccc1. The minimum absolute atomic E-state index is 0.423. The highest BCUT2D eigenvalue weighted by atomic mass is 16.5.